The highest BCUT2D eigenvalue weighted by atomic mass is 16.5. The summed E-state index contributed by atoms with van der Waals surface area (Å²) in [7, 11) is 3.64. The number of amides is 1. The molecule has 0 atom stereocenters. The second-order valence-corrected chi connectivity index (χ2v) is 9.53. The molecule has 1 fully saturated rings. The van der Waals surface area contributed by atoms with Crippen molar-refractivity contribution < 1.29 is 19.4 Å². The second-order valence-electron chi connectivity index (χ2n) is 9.53. The minimum Gasteiger partial charge on any atom is -0.473 e. The fourth-order valence-electron chi connectivity index (χ4n) is 4.44. The number of carbonyl (C=O) groups is 1. The normalized spacial score (nSPS) is 12.5. The number of nitrogens with zero attached hydrogens (tertiary/aromatic N) is 4. The molecule has 4 aromatic rings. The van der Waals surface area contributed by atoms with Crippen molar-refractivity contribution in [1.29, 1.82) is 0 Å². The van der Waals surface area contributed by atoms with Gasteiger partial charge in [-0.15, -0.1) is 0 Å². The van der Waals surface area contributed by atoms with E-state index in [-0.39, 0.29) is 6.10 Å². The monoisotopic (exact) mass is 554 g/mol. The Morgan fingerprint density at radius 1 is 0.829 bits per heavy atom. The predicted molar refractivity (Wildman–Crippen MR) is 164 cm³/mol. The van der Waals surface area contributed by atoms with E-state index in [1.165, 1.54) is 0 Å². The molecule has 0 spiro atoms. The van der Waals surface area contributed by atoms with Crippen LogP contribution in [0.4, 0.5) is 22.7 Å². The lowest BCUT2D eigenvalue weighted by atomic mass is 10.1. The van der Waals surface area contributed by atoms with E-state index in [1.807, 2.05) is 117 Å². The van der Waals surface area contributed by atoms with Crippen molar-refractivity contribution in [3.63, 3.8) is 0 Å². The number of carbonyl (C=O) groups excluding carboxylic acids is 1. The van der Waals surface area contributed by atoms with Gasteiger partial charge in [-0.25, -0.2) is 0 Å². The summed E-state index contributed by atoms with van der Waals surface area (Å²) in [4.78, 5) is 22.1. The number of β-amino-alcohol motifs (C(OH)–C–C–N with tert-alkyl or cyclic N) is 1. The Morgan fingerprint density at radius 2 is 1.41 bits per heavy atom. The van der Waals surface area contributed by atoms with E-state index in [0.717, 1.165) is 40.3 Å². The first-order valence-electron chi connectivity index (χ1n) is 13.8. The quantitative estimate of drug-likeness (QED) is 0.235. The molecular formula is C33H38N4O4. The number of hydrogen-bond acceptors (Lipinski definition) is 7. The zero-order valence-corrected chi connectivity index (χ0v) is 24.1. The molecule has 8 nitrogen and oxygen atoms in total. The zero-order chi connectivity index (χ0) is 29.2. The Balaban J connectivity index is 0.00000189. The van der Waals surface area contributed by atoms with Gasteiger partial charge in [0, 0.05) is 38.9 Å². The van der Waals surface area contributed by atoms with E-state index in [4.69, 9.17) is 14.5 Å². The first-order valence-corrected chi connectivity index (χ1v) is 13.8. The van der Waals surface area contributed by atoms with Crippen LogP contribution in [0.3, 0.4) is 0 Å². The summed E-state index contributed by atoms with van der Waals surface area (Å²) in [5, 5.41) is 9.74. The Hall–Kier alpha value is -4.56. The van der Waals surface area contributed by atoms with Crippen LogP contribution in [-0.4, -0.2) is 49.8 Å². The van der Waals surface area contributed by atoms with Gasteiger partial charge in [0.15, 0.2) is 0 Å². The minimum atomic E-state index is -0.322. The number of benzene rings is 3. The maximum Gasteiger partial charge on any atom is 0.241 e. The molecule has 3 aromatic carbocycles. The van der Waals surface area contributed by atoms with Gasteiger partial charge in [-0.2, -0.15) is 4.98 Å². The van der Waals surface area contributed by atoms with Gasteiger partial charge in [-0.1, -0.05) is 74.5 Å². The van der Waals surface area contributed by atoms with E-state index < -0.39 is 0 Å². The number of aliphatic hydroxyl groups is 1. The van der Waals surface area contributed by atoms with Gasteiger partial charge in [0.05, 0.1) is 17.5 Å². The number of ether oxygens (including phenoxy) is 2. The minimum absolute atomic E-state index is 0.322. The second kappa shape index (κ2) is 14.2. The van der Waals surface area contributed by atoms with Crippen molar-refractivity contribution in [2.75, 3.05) is 41.9 Å². The fraction of sp³-hybridized carbons (Fsp3) is 0.273. The van der Waals surface area contributed by atoms with Crippen molar-refractivity contribution in [2.24, 2.45) is 0 Å². The molecule has 1 aromatic heterocycles. The molecule has 1 N–H and O–H groups in total. The smallest absolute Gasteiger partial charge is 0.241 e. The van der Waals surface area contributed by atoms with E-state index >= 15 is 0 Å². The maximum atomic E-state index is 11.8. The lowest BCUT2D eigenvalue weighted by Gasteiger charge is -2.38. The van der Waals surface area contributed by atoms with Gasteiger partial charge >= 0.3 is 0 Å². The van der Waals surface area contributed by atoms with Gasteiger partial charge in [-0.3, -0.25) is 4.79 Å². The predicted octanol–water partition coefficient (Wildman–Crippen LogP) is 5.81. The highest BCUT2D eigenvalue weighted by molar-refractivity contribution is 5.88. The van der Waals surface area contributed by atoms with Gasteiger partial charge in [0.1, 0.15) is 18.9 Å². The van der Waals surface area contributed by atoms with Crippen LogP contribution in [0.1, 0.15) is 25.0 Å². The summed E-state index contributed by atoms with van der Waals surface area (Å²) in [6, 6.07) is 29.5. The van der Waals surface area contributed by atoms with Crippen LogP contribution in [0.25, 0.3) is 0 Å². The highest BCUT2D eigenvalue weighted by Crippen LogP contribution is 2.40. The number of anilines is 4. The van der Waals surface area contributed by atoms with Gasteiger partial charge in [-0.05, 0) is 35.4 Å². The van der Waals surface area contributed by atoms with Crippen molar-refractivity contribution in [2.45, 2.75) is 33.2 Å². The van der Waals surface area contributed by atoms with Gasteiger partial charge in [0.2, 0.25) is 18.2 Å². The molecule has 1 aliphatic heterocycles. The highest BCUT2D eigenvalue weighted by Gasteiger charge is 2.26. The van der Waals surface area contributed by atoms with E-state index in [1.54, 1.807) is 11.9 Å². The van der Waals surface area contributed by atoms with Crippen LogP contribution in [0.5, 0.6) is 11.8 Å². The van der Waals surface area contributed by atoms with Crippen LogP contribution in [0, 0.1) is 0 Å². The molecule has 41 heavy (non-hydrogen) atoms. The van der Waals surface area contributed by atoms with E-state index in [0.29, 0.717) is 38.1 Å². The molecule has 5 rings (SSSR count). The van der Waals surface area contributed by atoms with Crippen LogP contribution >= 0.6 is 0 Å². The Morgan fingerprint density at radius 3 is 2.00 bits per heavy atom. The van der Waals surface area contributed by atoms with Crippen molar-refractivity contribution >= 4 is 29.2 Å². The molecule has 0 bridgehead atoms. The molecule has 214 valence electrons. The number of hydrogen-bond donors (Lipinski definition) is 1. The summed E-state index contributed by atoms with van der Waals surface area (Å²) in [6.07, 6.45) is 0.463. The third-order valence-corrected chi connectivity index (χ3v) is 6.71. The number of pyridine rings is 1. The van der Waals surface area contributed by atoms with Crippen molar-refractivity contribution in [3.05, 3.63) is 102 Å². The SMILES string of the molecule is CC.CN(C=O)c1cc(N2CC(O)C2)ccc1N(C)c1ccc(OCc2ccccc2)nc1OCc1ccccc1. The Labute approximate surface area is 242 Å². The molecular weight excluding hydrogens is 516 g/mol. The average Bonchev–Trinajstić information content (AvgIpc) is 3.02. The lowest BCUT2D eigenvalue weighted by Crippen LogP contribution is -2.50. The molecule has 1 aliphatic rings. The van der Waals surface area contributed by atoms with Crippen LogP contribution in [0.2, 0.25) is 0 Å². The molecule has 8 heteroatoms. The van der Waals surface area contributed by atoms with E-state index in [2.05, 4.69) is 4.90 Å². The third-order valence-electron chi connectivity index (χ3n) is 6.71. The summed E-state index contributed by atoms with van der Waals surface area (Å²) < 4.78 is 12.2. The number of aliphatic hydroxyl groups excluding tert-OH is 1. The third kappa shape index (κ3) is 7.35. The largest absolute Gasteiger partial charge is 0.473 e. The lowest BCUT2D eigenvalue weighted by molar-refractivity contribution is -0.107. The van der Waals surface area contributed by atoms with Crippen molar-refractivity contribution in [3.8, 4) is 11.8 Å². The van der Waals surface area contributed by atoms with E-state index in [9.17, 15) is 9.90 Å². The average molecular weight is 555 g/mol. The van der Waals surface area contributed by atoms with Crippen LogP contribution in [0.15, 0.2) is 91.0 Å². The summed E-state index contributed by atoms with van der Waals surface area (Å²) in [5.74, 6) is 0.873. The van der Waals surface area contributed by atoms with Gasteiger partial charge < -0.3 is 29.3 Å². The van der Waals surface area contributed by atoms with Crippen LogP contribution < -0.4 is 24.2 Å². The van der Waals surface area contributed by atoms with Gasteiger partial charge in [0.25, 0.3) is 0 Å². The summed E-state index contributed by atoms with van der Waals surface area (Å²) in [5.41, 5.74) is 5.27. The standard InChI is InChI=1S/C31H32N4O4.C2H6/c1-33(22-36)29-17-25(35-18-26(37)19-35)13-14-27(29)34(2)28-15-16-30(38-20-23-9-5-3-6-10-23)32-31(28)39-21-24-11-7-4-8-12-24;1-2/h3-17,22,26,37H,18-21H2,1-2H3;1-2H3. The maximum absolute atomic E-state index is 11.8. The molecule has 2 heterocycles. The summed E-state index contributed by atoms with van der Waals surface area (Å²) >= 11 is 0. The van der Waals surface area contributed by atoms with Crippen molar-refractivity contribution in [1.82, 2.24) is 4.98 Å². The molecule has 0 saturated carbocycles. The summed E-state index contributed by atoms with van der Waals surface area (Å²) in [6.45, 7) is 5.88. The Kier molecular flexibility index (Phi) is 10.2. The molecule has 0 radical (unpaired) electrons. The van der Waals surface area contributed by atoms with Crippen LogP contribution in [-0.2, 0) is 18.0 Å². The molecule has 1 saturated heterocycles. The number of aromatic nitrogens is 1. The molecule has 1 amide bonds. The zero-order valence-electron chi connectivity index (χ0n) is 24.1. The molecule has 0 unspecified atom stereocenters. The first-order chi connectivity index (χ1) is 20.0. The fourth-order valence-corrected chi connectivity index (χ4v) is 4.44. The number of rotatable bonds is 11. The molecule has 0 aliphatic carbocycles. The first kappa shape index (κ1) is 29.4. The Bertz CT molecular complexity index is 1400. The topological polar surface area (TPSA) is 78.4 Å².